The number of aryl methyl sites for hydroxylation is 2. The molecule has 0 unspecified atom stereocenters. The number of hydrogen-bond acceptors (Lipinski definition) is 6. The van der Waals surface area contributed by atoms with E-state index in [1.54, 1.807) is 52.0 Å². The maximum atomic E-state index is 13.0. The van der Waals surface area contributed by atoms with Crippen molar-refractivity contribution in [3.05, 3.63) is 52.6 Å². The van der Waals surface area contributed by atoms with Crippen LogP contribution in [0.2, 0.25) is 0 Å². The number of benzene rings is 2. The summed E-state index contributed by atoms with van der Waals surface area (Å²) >= 11 is 0. The summed E-state index contributed by atoms with van der Waals surface area (Å²) in [4.78, 5) is 19.9. The molecule has 0 aliphatic rings. The molecule has 196 valence electrons. The van der Waals surface area contributed by atoms with Crippen LogP contribution in [-0.2, 0) is 25.6 Å². The van der Waals surface area contributed by atoms with Crippen molar-refractivity contribution in [2.24, 2.45) is 0 Å². The first-order valence-corrected chi connectivity index (χ1v) is 14.7. The van der Waals surface area contributed by atoms with Gasteiger partial charge in [-0.05, 0) is 93.5 Å². The van der Waals surface area contributed by atoms with Gasteiger partial charge >= 0.3 is 7.60 Å². The Balaban J connectivity index is 2.46. The molecule has 0 amide bonds. The second-order valence-corrected chi connectivity index (χ2v) is 13.3. The van der Waals surface area contributed by atoms with Crippen molar-refractivity contribution in [3.63, 3.8) is 0 Å². The number of rotatable bonds is 12. The van der Waals surface area contributed by atoms with Gasteiger partial charge in [-0.15, -0.1) is 0 Å². The van der Waals surface area contributed by atoms with Crippen LogP contribution >= 0.6 is 7.60 Å². The van der Waals surface area contributed by atoms with E-state index in [1.807, 2.05) is 19.9 Å². The average molecular weight is 529 g/mol. The van der Waals surface area contributed by atoms with Gasteiger partial charge in [0.15, 0.2) is 16.6 Å². The van der Waals surface area contributed by atoms with E-state index >= 15 is 0 Å². The zero-order chi connectivity index (χ0) is 26.6. The molecule has 0 aliphatic carbocycles. The summed E-state index contributed by atoms with van der Waals surface area (Å²) in [6.45, 7) is 10.4. The lowest BCUT2D eigenvalue weighted by molar-refractivity contribution is 0.0490. The fraction of sp³-hybridized carbons (Fsp3) is 0.520. The predicted molar refractivity (Wildman–Crippen MR) is 136 cm³/mol. The van der Waals surface area contributed by atoms with Crippen LogP contribution in [0.25, 0.3) is 0 Å². The van der Waals surface area contributed by atoms with Crippen LogP contribution in [-0.4, -0.2) is 42.7 Å². The van der Waals surface area contributed by atoms with E-state index in [2.05, 4.69) is 0 Å². The van der Waals surface area contributed by atoms with Crippen LogP contribution in [0.3, 0.4) is 0 Å². The van der Waals surface area contributed by atoms with Crippen LogP contribution in [0.5, 0.6) is 11.5 Å². The van der Waals surface area contributed by atoms with Crippen LogP contribution in [0, 0.1) is 13.8 Å². The molecule has 0 fully saturated rings. The van der Waals surface area contributed by atoms with E-state index in [0.29, 0.717) is 12.2 Å². The van der Waals surface area contributed by atoms with Gasteiger partial charge in [0.2, 0.25) is 5.34 Å². The SMILES string of the molecule is CCC(CC)(Oc1cc(C)c(Cc2ccc(OCOC)c(S(=O)(=O)C(C)C)c2)c(C)c1)P(=O)(O)O. The van der Waals surface area contributed by atoms with Crippen LogP contribution < -0.4 is 9.47 Å². The van der Waals surface area contributed by atoms with Gasteiger partial charge in [-0.2, -0.15) is 0 Å². The topological polar surface area (TPSA) is 119 Å². The third kappa shape index (κ3) is 6.46. The van der Waals surface area contributed by atoms with Gasteiger partial charge in [-0.25, -0.2) is 8.42 Å². The van der Waals surface area contributed by atoms with Crippen molar-refractivity contribution in [2.45, 2.75) is 76.3 Å². The first kappa shape index (κ1) is 29.3. The standard InChI is InChI=1S/C25H37O8PS/c1-8-25(9-2,34(26,27)28)33-21-12-18(5)22(19(6)13-21)14-20-10-11-23(32-16-31-7)24(15-20)35(29,30)17(3)4/h10-13,15,17H,8-9,14,16H2,1-7H3,(H2,26,27,28). The van der Waals surface area contributed by atoms with Gasteiger partial charge in [-0.3, -0.25) is 4.57 Å². The predicted octanol–water partition coefficient (Wildman–Crippen LogP) is 5.13. The van der Waals surface area contributed by atoms with Crippen LogP contribution in [0.15, 0.2) is 35.2 Å². The summed E-state index contributed by atoms with van der Waals surface area (Å²) in [5, 5.41) is -2.19. The Morgan fingerprint density at radius 2 is 1.60 bits per heavy atom. The van der Waals surface area contributed by atoms with E-state index < -0.39 is 28.0 Å². The van der Waals surface area contributed by atoms with Crippen LogP contribution in [0.1, 0.15) is 62.8 Å². The Labute approximate surface area is 208 Å². The zero-order valence-corrected chi connectivity index (χ0v) is 23.2. The van der Waals surface area contributed by atoms with Crippen molar-refractivity contribution in [3.8, 4) is 11.5 Å². The zero-order valence-electron chi connectivity index (χ0n) is 21.5. The molecule has 0 radical (unpaired) electrons. The molecule has 0 heterocycles. The summed E-state index contributed by atoms with van der Waals surface area (Å²) in [6, 6.07) is 8.62. The molecule has 10 heteroatoms. The minimum absolute atomic E-state index is 0.0642. The van der Waals surface area contributed by atoms with Gasteiger partial charge in [0.25, 0.3) is 0 Å². The molecule has 0 saturated carbocycles. The smallest absolute Gasteiger partial charge is 0.368 e. The lowest BCUT2D eigenvalue weighted by atomic mass is 9.95. The van der Waals surface area contributed by atoms with E-state index in [-0.39, 0.29) is 30.3 Å². The van der Waals surface area contributed by atoms with E-state index in [4.69, 9.17) is 14.2 Å². The Morgan fingerprint density at radius 1 is 1.03 bits per heavy atom. The minimum atomic E-state index is -4.51. The summed E-state index contributed by atoms with van der Waals surface area (Å²) in [5.74, 6) is 0.636. The summed E-state index contributed by atoms with van der Waals surface area (Å²) in [7, 11) is -6.64. The molecular weight excluding hydrogens is 491 g/mol. The quantitative estimate of drug-likeness (QED) is 0.287. The molecule has 2 aromatic carbocycles. The van der Waals surface area contributed by atoms with Crippen molar-refractivity contribution in [2.75, 3.05) is 13.9 Å². The van der Waals surface area contributed by atoms with Gasteiger partial charge in [0.05, 0.1) is 5.25 Å². The number of sulfone groups is 1. The average Bonchev–Trinajstić information content (AvgIpc) is 2.77. The van der Waals surface area contributed by atoms with Crippen molar-refractivity contribution in [1.29, 1.82) is 0 Å². The highest BCUT2D eigenvalue weighted by Crippen LogP contribution is 2.55. The molecule has 2 aromatic rings. The van der Waals surface area contributed by atoms with Crippen molar-refractivity contribution >= 4 is 17.4 Å². The maximum absolute atomic E-state index is 13.0. The lowest BCUT2D eigenvalue weighted by Crippen LogP contribution is -2.34. The molecule has 0 atom stereocenters. The molecule has 0 spiro atoms. The van der Waals surface area contributed by atoms with Gasteiger partial charge < -0.3 is 24.0 Å². The molecule has 0 aliphatic heterocycles. The maximum Gasteiger partial charge on any atom is 0.368 e. The molecular formula is C25H37O8PS. The lowest BCUT2D eigenvalue weighted by Gasteiger charge is -2.33. The van der Waals surface area contributed by atoms with Gasteiger partial charge in [-0.1, -0.05) is 19.9 Å². The fourth-order valence-electron chi connectivity index (χ4n) is 3.96. The van der Waals surface area contributed by atoms with E-state index in [1.165, 1.54) is 7.11 Å². The Morgan fingerprint density at radius 3 is 2.06 bits per heavy atom. The molecule has 35 heavy (non-hydrogen) atoms. The molecule has 0 bridgehead atoms. The highest BCUT2D eigenvalue weighted by molar-refractivity contribution is 7.92. The van der Waals surface area contributed by atoms with E-state index in [9.17, 15) is 22.8 Å². The summed E-state index contributed by atoms with van der Waals surface area (Å²) in [6.07, 6.45) is 0.796. The Hall–Kier alpha value is -1.90. The fourth-order valence-corrected chi connectivity index (χ4v) is 6.24. The highest BCUT2D eigenvalue weighted by Gasteiger charge is 2.46. The number of hydrogen-bond donors (Lipinski definition) is 2. The van der Waals surface area contributed by atoms with Crippen LogP contribution in [0.4, 0.5) is 0 Å². The summed E-state index contributed by atoms with van der Waals surface area (Å²) in [5.41, 5.74) is 3.52. The molecule has 0 saturated heterocycles. The normalized spacial score (nSPS) is 12.7. The largest absolute Gasteiger partial charge is 0.475 e. The number of ether oxygens (including phenoxy) is 3. The Bertz CT molecular complexity index is 1160. The second kappa shape index (κ2) is 11.4. The van der Waals surface area contributed by atoms with E-state index in [0.717, 1.165) is 22.3 Å². The van der Waals surface area contributed by atoms with Gasteiger partial charge in [0.1, 0.15) is 16.4 Å². The monoisotopic (exact) mass is 528 g/mol. The first-order valence-electron chi connectivity index (χ1n) is 11.6. The minimum Gasteiger partial charge on any atom is -0.475 e. The van der Waals surface area contributed by atoms with Crippen molar-refractivity contribution < 1.29 is 37.0 Å². The highest BCUT2D eigenvalue weighted by atomic mass is 32.2. The summed E-state index contributed by atoms with van der Waals surface area (Å²) < 4.78 is 54.4. The molecule has 2 rings (SSSR count). The second-order valence-electron chi connectivity index (χ2n) is 8.94. The molecule has 8 nitrogen and oxygen atoms in total. The first-order chi connectivity index (χ1) is 16.2. The third-order valence-electron chi connectivity index (χ3n) is 6.26. The molecule has 0 aromatic heterocycles. The van der Waals surface area contributed by atoms with Gasteiger partial charge in [0, 0.05) is 7.11 Å². The number of methoxy groups -OCH3 is 1. The van der Waals surface area contributed by atoms with Crippen molar-refractivity contribution in [1.82, 2.24) is 0 Å². The third-order valence-corrected chi connectivity index (χ3v) is 10.2. The Kier molecular flexibility index (Phi) is 9.59. The molecule has 2 N–H and O–H groups in total.